The van der Waals surface area contributed by atoms with Crippen LogP contribution < -0.4 is 10.5 Å². The number of benzene rings is 2. The van der Waals surface area contributed by atoms with Gasteiger partial charge in [0.05, 0.1) is 10.6 Å². The molecule has 158 valence electrons. The van der Waals surface area contributed by atoms with Crippen LogP contribution in [-0.4, -0.2) is 35.3 Å². The van der Waals surface area contributed by atoms with Gasteiger partial charge in [0.25, 0.3) is 0 Å². The van der Waals surface area contributed by atoms with E-state index >= 15 is 0 Å². The smallest absolute Gasteiger partial charge is 0.238 e. The second-order valence-electron chi connectivity index (χ2n) is 6.81. The van der Waals surface area contributed by atoms with Gasteiger partial charge in [0.15, 0.2) is 5.82 Å². The average Bonchev–Trinajstić information content (AvgIpc) is 3.18. The molecule has 0 saturated carbocycles. The van der Waals surface area contributed by atoms with Crippen molar-refractivity contribution in [3.63, 3.8) is 0 Å². The first-order chi connectivity index (χ1) is 14.2. The molecule has 0 radical (unpaired) electrons. The molecule has 0 fully saturated rings. The van der Waals surface area contributed by atoms with Crippen LogP contribution in [-0.2, 0) is 21.2 Å². The number of hydrogen-bond donors (Lipinski definition) is 3. The van der Waals surface area contributed by atoms with Crippen LogP contribution >= 0.6 is 11.8 Å². The van der Waals surface area contributed by atoms with E-state index in [0.717, 1.165) is 23.1 Å². The highest BCUT2D eigenvalue weighted by Crippen LogP contribution is 2.24. The van der Waals surface area contributed by atoms with Crippen molar-refractivity contribution in [2.75, 3.05) is 11.1 Å². The number of sulfonamides is 1. The van der Waals surface area contributed by atoms with Crippen molar-refractivity contribution in [3.05, 3.63) is 53.1 Å². The molecule has 0 saturated heterocycles. The number of aromatic nitrogens is 3. The Labute approximate surface area is 179 Å². The van der Waals surface area contributed by atoms with Crippen LogP contribution in [0.1, 0.15) is 23.6 Å². The highest BCUT2D eigenvalue weighted by molar-refractivity contribution is 7.99. The van der Waals surface area contributed by atoms with Crippen LogP contribution in [0.4, 0.5) is 5.69 Å². The molecule has 0 aliphatic rings. The van der Waals surface area contributed by atoms with Crippen LogP contribution in [0.25, 0.3) is 11.4 Å². The largest absolute Gasteiger partial charge is 0.325 e. The normalized spacial score (nSPS) is 11.5. The second-order valence-corrected chi connectivity index (χ2v) is 9.32. The van der Waals surface area contributed by atoms with Crippen LogP contribution in [0.5, 0.6) is 0 Å². The van der Waals surface area contributed by atoms with E-state index in [4.69, 9.17) is 5.14 Å². The number of carbonyl (C=O) groups excluding carboxylic acids is 1. The standard InChI is InChI=1S/C20H23N5O3S2/c1-4-14-5-7-15(8-6-14)19-23-20(25-24-19)29-11-18(26)22-17-10-16(30(21,27)28)9-12(2)13(17)3/h5-10H,4,11H2,1-3H3,(H,22,26)(H2,21,27,28)(H,23,24,25). The minimum absolute atomic E-state index is 0.0405. The Kier molecular flexibility index (Phi) is 6.59. The molecule has 1 aromatic heterocycles. The van der Waals surface area contributed by atoms with Crippen molar-refractivity contribution in [3.8, 4) is 11.4 Å². The number of H-pyrrole nitrogens is 1. The van der Waals surface area contributed by atoms with Crippen molar-refractivity contribution in [2.24, 2.45) is 5.14 Å². The molecule has 3 aromatic rings. The highest BCUT2D eigenvalue weighted by Gasteiger charge is 2.15. The molecular weight excluding hydrogens is 422 g/mol. The number of aromatic amines is 1. The first-order valence-electron chi connectivity index (χ1n) is 9.25. The average molecular weight is 446 g/mol. The number of carbonyl (C=O) groups is 1. The molecule has 0 atom stereocenters. The van der Waals surface area contributed by atoms with Gasteiger partial charge >= 0.3 is 0 Å². The third-order valence-electron chi connectivity index (χ3n) is 4.68. The molecule has 30 heavy (non-hydrogen) atoms. The van der Waals surface area contributed by atoms with E-state index in [9.17, 15) is 13.2 Å². The van der Waals surface area contributed by atoms with Crippen molar-refractivity contribution in [2.45, 2.75) is 37.2 Å². The van der Waals surface area contributed by atoms with Gasteiger partial charge in [0.1, 0.15) is 0 Å². The molecule has 0 aliphatic heterocycles. The quantitative estimate of drug-likeness (QED) is 0.479. The fourth-order valence-electron chi connectivity index (χ4n) is 2.78. The van der Waals surface area contributed by atoms with Crippen LogP contribution in [0.2, 0.25) is 0 Å². The second kappa shape index (κ2) is 8.99. The maximum absolute atomic E-state index is 12.4. The van der Waals surface area contributed by atoms with Crippen molar-refractivity contribution < 1.29 is 13.2 Å². The molecule has 4 N–H and O–H groups in total. The van der Waals surface area contributed by atoms with Gasteiger partial charge in [-0.2, -0.15) is 0 Å². The summed E-state index contributed by atoms with van der Waals surface area (Å²) in [5.41, 5.74) is 4.06. The number of primary sulfonamides is 1. The first-order valence-corrected chi connectivity index (χ1v) is 11.8. The number of nitrogens with two attached hydrogens (primary N) is 1. The summed E-state index contributed by atoms with van der Waals surface area (Å²) in [5.74, 6) is 0.407. The topological polar surface area (TPSA) is 131 Å². The van der Waals surface area contributed by atoms with Gasteiger partial charge in [-0.15, -0.1) is 5.10 Å². The fraction of sp³-hybridized carbons (Fsp3) is 0.250. The van der Waals surface area contributed by atoms with Gasteiger partial charge in [0.2, 0.25) is 21.1 Å². The molecule has 0 unspecified atom stereocenters. The maximum atomic E-state index is 12.4. The van der Waals surface area contributed by atoms with Gasteiger partial charge in [-0.05, 0) is 49.1 Å². The zero-order valence-electron chi connectivity index (χ0n) is 16.9. The third kappa shape index (κ3) is 5.26. The summed E-state index contributed by atoms with van der Waals surface area (Å²) >= 11 is 1.18. The van der Waals surface area contributed by atoms with E-state index in [1.807, 2.05) is 24.3 Å². The Morgan fingerprint density at radius 1 is 1.20 bits per heavy atom. The number of rotatable bonds is 7. The number of anilines is 1. The number of aryl methyl sites for hydroxylation is 2. The Hall–Kier alpha value is -2.69. The van der Waals surface area contributed by atoms with Crippen molar-refractivity contribution in [1.82, 2.24) is 15.2 Å². The molecular formula is C20H23N5O3S2. The molecule has 0 spiro atoms. The summed E-state index contributed by atoms with van der Waals surface area (Å²) in [6, 6.07) is 10.9. The zero-order valence-corrected chi connectivity index (χ0v) is 18.5. The minimum atomic E-state index is -3.86. The first kappa shape index (κ1) is 22.0. The van der Waals surface area contributed by atoms with E-state index in [0.29, 0.717) is 16.7 Å². The van der Waals surface area contributed by atoms with Crippen molar-refractivity contribution >= 4 is 33.4 Å². The van der Waals surface area contributed by atoms with Gasteiger partial charge < -0.3 is 5.32 Å². The number of nitrogens with zero attached hydrogens (tertiary/aromatic N) is 2. The zero-order chi connectivity index (χ0) is 21.9. The van der Waals surface area contributed by atoms with Crippen LogP contribution in [0, 0.1) is 13.8 Å². The third-order valence-corrected chi connectivity index (χ3v) is 6.42. The predicted octanol–water partition coefficient (Wildman–Crippen LogP) is 3.03. The summed E-state index contributed by atoms with van der Waals surface area (Å²) in [7, 11) is -3.86. The lowest BCUT2D eigenvalue weighted by atomic mass is 10.1. The predicted molar refractivity (Wildman–Crippen MR) is 118 cm³/mol. The Balaban J connectivity index is 1.65. The monoisotopic (exact) mass is 445 g/mol. The lowest BCUT2D eigenvalue weighted by Gasteiger charge is -2.12. The van der Waals surface area contributed by atoms with Gasteiger partial charge in [-0.1, -0.05) is 43.0 Å². The van der Waals surface area contributed by atoms with Gasteiger partial charge in [-0.25, -0.2) is 18.5 Å². The Morgan fingerprint density at radius 3 is 2.53 bits per heavy atom. The highest BCUT2D eigenvalue weighted by atomic mass is 32.2. The fourth-order valence-corrected chi connectivity index (χ4v) is 4.00. The number of nitrogens with one attached hydrogen (secondary N) is 2. The molecule has 2 aromatic carbocycles. The summed E-state index contributed by atoms with van der Waals surface area (Å²) in [4.78, 5) is 16.8. The number of amides is 1. The lowest BCUT2D eigenvalue weighted by Crippen LogP contribution is -2.17. The minimum Gasteiger partial charge on any atom is -0.325 e. The van der Waals surface area contributed by atoms with E-state index in [1.165, 1.54) is 29.5 Å². The van der Waals surface area contributed by atoms with E-state index in [1.54, 1.807) is 13.8 Å². The molecule has 0 aliphatic carbocycles. The van der Waals surface area contributed by atoms with E-state index < -0.39 is 10.0 Å². The summed E-state index contributed by atoms with van der Waals surface area (Å²) in [6.45, 7) is 5.66. The van der Waals surface area contributed by atoms with E-state index in [-0.39, 0.29) is 16.6 Å². The molecule has 0 bridgehead atoms. The lowest BCUT2D eigenvalue weighted by molar-refractivity contribution is -0.113. The van der Waals surface area contributed by atoms with Crippen LogP contribution in [0.15, 0.2) is 46.5 Å². The molecule has 1 amide bonds. The molecule has 3 rings (SSSR count). The molecule has 1 heterocycles. The van der Waals surface area contributed by atoms with Crippen molar-refractivity contribution in [1.29, 1.82) is 0 Å². The summed E-state index contributed by atoms with van der Waals surface area (Å²) < 4.78 is 23.3. The van der Waals surface area contributed by atoms with Gasteiger partial charge in [0, 0.05) is 11.3 Å². The summed E-state index contributed by atoms with van der Waals surface area (Å²) in [5, 5.41) is 15.4. The molecule has 8 nitrogen and oxygen atoms in total. The Bertz CT molecular complexity index is 1170. The summed E-state index contributed by atoms with van der Waals surface area (Å²) in [6.07, 6.45) is 0.964. The maximum Gasteiger partial charge on any atom is 0.238 e. The van der Waals surface area contributed by atoms with Gasteiger partial charge in [-0.3, -0.25) is 9.89 Å². The van der Waals surface area contributed by atoms with Crippen LogP contribution in [0.3, 0.4) is 0 Å². The number of thioether (sulfide) groups is 1. The SMILES string of the molecule is CCc1ccc(-c2nc(SCC(=O)Nc3cc(S(N)(=O)=O)cc(C)c3C)n[nH]2)cc1. The Morgan fingerprint density at radius 2 is 1.90 bits per heavy atom. The molecule has 10 heteroatoms. The number of hydrogen-bond acceptors (Lipinski definition) is 6. The van der Waals surface area contributed by atoms with E-state index in [2.05, 4.69) is 27.4 Å².